The Hall–Kier alpha value is -1.51. The lowest BCUT2D eigenvalue weighted by Gasteiger charge is -2.03. The van der Waals surface area contributed by atoms with Crippen LogP contribution < -0.4 is 10.6 Å². The van der Waals surface area contributed by atoms with Crippen molar-refractivity contribution >= 4 is 17.3 Å². The maximum atomic E-state index is 11.0. The van der Waals surface area contributed by atoms with Gasteiger partial charge in [0.1, 0.15) is 0 Å². The fourth-order valence-electron chi connectivity index (χ4n) is 1.21. The maximum Gasteiger partial charge on any atom is 0.248 e. The molecule has 12 heavy (non-hydrogen) atoms. The predicted octanol–water partition coefficient (Wildman–Crippen LogP) is 1.26. The van der Waals surface area contributed by atoms with Crippen LogP contribution >= 0.6 is 0 Å². The Labute approximate surface area is 70.8 Å². The van der Waals surface area contributed by atoms with Crippen molar-refractivity contribution < 1.29 is 4.79 Å². The lowest BCUT2D eigenvalue weighted by molar-refractivity contribution is -0.119. The highest BCUT2D eigenvalue weighted by Gasteiger charge is 2.12. The molecule has 0 aliphatic carbocycles. The number of fused-ring (bicyclic) bond motifs is 1. The summed E-state index contributed by atoms with van der Waals surface area (Å²) in [6, 6.07) is 7.57. The third-order valence-corrected chi connectivity index (χ3v) is 1.80. The van der Waals surface area contributed by atoms with Crippen LogP contribution in [0.25, 0.3) is 0 Å². The number of nitrogens with zero attached hydrogens (tertiary/aromatic N) is 1. The molecule has 0 fully saturated rings. The van der Waals surface area contributed by atoms with Crippen molar-refractivity contribution in [2.24, 2.45) is 0 Å². The van der Waals surface area contributed by atoms with Crippen molar-refractivity contribution in [2.75, 3.05) is 11.9 Å². The Morgan fingerprint density at radius 3 is 3.08 bits per heavy atom. The summed E-state index contributed by atoms with van der Waals surface area (Å²) in [6.07, 6.45) is 0.481. The molecule has 0 spiro atoms. The number of hydrogen-bond acceptors (Lipinski definition) is 2. The highest BCUT2D eigenvalue weighted by Crippen LogP contribution is 2.22. The molecular weight excluding hydrogens is 152 g/mol. The van der Waals surface area contributed by atoms with Crippen LogP contribution in [0.5, 0.6) is 0 Å². The van der Waals surface area contributed by atoms with Crippen molar-refractivity contribution in [3.8, 4) is 0 Å². The zero-order chi connectivity index (χ0) is 8.39. The van der Waals surface area contributed by atoms with Crippen LogP contribution in [0.3, 0.4) is 0 Å². The van der Waals surface area contributed by atoms with E-state index in [1.165, 1.54) is 0 Å². The van der Waals surface area contributed by atoms with E-state index in [1.54, 1.807) is 0 Å². The average Bonchev–Trinajstić information content (AvgIpc) is 2.25. The number of para-hydroxylation sites is 2. The monoisotopic (exact) mass is 161 g/mol. The first kappa shape index (κ1) is 7.16. The standard InChI is InChI=1S/C9H9N2O/c12-9-5-6-10-7-3-1-2-4-8(7)11-9/h1-4,10H,5-6H2. The van der Waals surface area contributed by atoms with E-state index in [0.29, 0.717) is 13.0 Å². The Balaban J connectivity index is 2.37. The van der Waals surface area contributed by atoms with Gasteiger partial charge < -0.3 is 5.32 Å². The largest absolute Gasteiger partial charge is 0.383 e. The molecule has 1 aromatic carbocycles. The number of hydrogen-bond donors (Lipinski definition) is 1. The molecule has 1 N–H and O–H groups in total. The van der Waals surface area contributed by atoms with E-state index < -0.39 is 0 Å². The Morgan fingerprint density at radius 2 is 2.17 bits per heavy atom. The lowest BCUT2D eigenvalue weighted by atomic mass is 10.3. The molecule has 0 unspecified atom stereocenters. The molecule has 0 atom stereocenters. The first-order valence-corrected chi connectivity index (χ1v) is 3.94. The summed E-state index contributed by atoms with van der Waals surface area (Å²) in [6.45, 7) is 0.680. The van der Waals surface area contributed by atoms with Gasteiger partial charge in [0, 0.05) is 13.0 Å². The van der Waals surface area contributed by atoms with Gasteiger partial charge in [-0.2, -0.15) is 0 Å². The fraction of sp³-hybridized carbons (Fsp3) is 0.222. The summed E-state index contributed by atoms with van der Waals surface area (Å²) in [5, 5.41) is 7.08. The third kappa shape index (κ3) is 1.25. The van der Waals surface area contributed by atoms with Crippen LogP contribution in [0.15, 0.2) is 24.3 Å². The molecule has 0 saturated carbocycles. The summed E-state index contributed by atoms with van der Waals surface area (Å²) in [5.41, 5.74) is 1.70. The smallest absolute Gasteiger partial charge is 0.248 e. The van der Waals surface area contributed by atoms with Crippen molar-refractivity contribution in [3.05, 3.63) is 24.3 Å². The van der Waals surface area contributed by atoms with Crippen LogP contribution in [0.2, 0.25) is 0 Å². The molecule has 0 saturated heterocycles. The summed E-state index contributed by atoms with van der Waals surface area (Å²) in [7, 11) is 0. The molecule has 0 aromatic heterocycles. The second kappa shape index (κ2) is 2.85. The number of carbonyl (C=O) groups excluding carboxylic acids is 1. The van der Waals surface area contributed by atoms with Gasteiger partial charge in [0.05, 0.1) is 11.4 Å². The molecule has 3 heteroatoms. The summed E-state index contributed by atoms with van der Waals surface area (Å²) >= 11 is 0. The Kier molecular flexibility index (Phi) is 1.70. The number of nitrogens with one attached hydrogen (secondary N) is 1. The van der Waals surface area contributed by atoms with Gasteiger partial charge in [0.25, 0.3) is 0 Å². The quantitative estimate of drug-likeness (QED) is 0.622. The minimum Gasteiger partial charge on any atom is -0.383 e. The van der Waals surface area contributed by atoms with E-state index in [9.17, 15) is 4.79 Å². The molecule has 1 aliphatic heterocycles. The zero-order valence-electron chi connectivity index (χ0n) is 6.58. The van der Waals surface area contributed by atoms with E-state index in [1.807, 2.05) is 24.3 Å². The second-order valence-corrected chi connectivity index (χ2v) is 2.70. The first-order valence-electron chi connectivity index (χ1n) is 3.94. The van der Waals surface area contributed by atoms with Crippen LogP contribution in [0.4, 0.5) is 11.4 Å². The van der Waals surface area contributed by atoms with Crippen molar-refractivity contribution in [1.29, 1.82) is 0 Å². The number of rotatable bonds is 0. The van der Waals surface area contributed by atoms with Gasteiger partial charge in [0.2, 0.25) is 5.91 Å². The van der Waals surface area contributed by atoms with Crippen molar-refractivity contribution in [3.63, 3.8) is 0 Å². The number of carbonyl (C=O) groups is 1. The highest BCUT2D eigenvalue weighted by atomic mass is 16.1. The van der Waals surface area contributed by atoms with Gasteiger partial charge in [-0.25, -0.2) is 5.32 Å². The third-order valence-electron chi connectivity index (χ3n) is 1.80. The molecule has 1 heterocycles. The molecular formula is C9H9N2O. The SMILES string of the molecule is O=C1CCNc2ccccc2[N]1. The predicted molar refractivity (Wildman–Crippen MR) is 46.3 cm³/mol. The molecule has 1 amide bonds. The van der Waals surface area contributed by atoms with Gasteiger partial charge in [-0.3, -0.25) is 4.79 Å². The lowest BCUT2D eigenvalue weighted by Crippen LogP contribution is -2.09. The molecule has 3 nitrogen and oxygen atoms in total. The first-order chi connectivity index (χ1) is 5.86. The Bertz CT molecular complexity index is 309. The highest BCUT2D eigenvalue weighted by molar-refractivity contribution is 5.86. The topological polar surface area (TPSA) is 43.2 Å². The van der Waals surface area contributed by atoms with E-state index in [2.05, 4.69) is 10.6 Å². The van der Waals surface area contributed by atoms with Gasteiger partial charge >= 0.3 is 0 Å². The maximum absolute atomic E-state index is 11.0. The molecule has 1 radical (unpaired) electrons. The number of amides is 1. The zero-order valence-corrected chi connectivity index (χ0v) is 6.58. The summed E-state index contributed by atoms with van der Waals surface area (Å²) in [4.78, 5) is 11.0. The number of benzene rings is 1. The minimum absolute atomic E-state index is 0.0487. The van der Waals surface area contributed by atoms with Gasteiger partial charge in [-0.1, -0.05) is 12.1 Å². The van der Waals surface area contributed by atoms with E-state index in [0.717, 1.165) is 11.4 Å². The van der Waals surface area contributed by atoms with E-state index >= 15 is 0 Å². The second-order valence-electron chi connectivity index (χ2n) is 2.70. The average molecular weight is 161 g/mol. The summed E-state index contributed by atoms with van der Waals surface area (Å²) < 4.78 is 0. The molecule has 1 aliphatic rings. The van der Waals surface area contributed by atoms with Gasteiger partial charge in [0.15, 0.2) is 0 Å². The minimum atomic E-state index is -0.0487. The normalized spacial score (nSPS) is 15.5. The van der Waals surface area contributed by atoms with E-state index in [4.69, 9.17) is 0 Å². The summed E-state index contributed by atoms with van der Waals surface area (Å²) in [5.74, 6) is -0.0487. The van der Waals surface area contributed by atoms with Gasteiger partial charge in [-0.05, 0) is 12.1 Å². The van der Waals surface area contributed by atoms with Crippen LogP contribution in [0.1, 0.15) is 6.42 Å². The van der Waals surface area contributed by atoms with Crippen molar-refractivity contribution in [1.82, 2.24) is 5.32 Å². The van der Waals surface area contributed by atoms with Crippen molar-refractivity contribution in [2.45, 2.75) is 6.42 Å². The van der Waals surface area contributed by atoms with E-state index in [-0.39, 0.29) is 5.91 Å². The Morgan fingerprint density at radius 1 is 1.33 bits per heavy atom. The van der Waals surface area contributed by atoms with Gasteiger partial charge in [-0.15, -0.1) is 0 Å². The molecule has 0 bridgehead atoms. The number of anilines is 1. The molecule has 61 valence electrons. The van der Waals surface area contributed by atoms with Crippen LogP contribution in [0, 0.1) is 0 Å². The van der Waals surface area contributed by atoms with Crippen LogP contribution in [-0.2, 0) is 4.79 Å². The molecule has 2 rings (SSSR count). The van der Waals surface area contributed by atoms with Crippen LogP contribution in [-0.4, -0.2) is 12.5 Å². The molecule has 1 aromatic rings. The fourth-order valence-corrected chi connectivity index (χ4v) is 1.21.